The number of thiophene rings is 1. The predicted octanol–water partition coefficient (Wildman–Crippen LogP) is 5.17. The van der Waals surface area contributed by atoms with Crippen molar-refractivity contribution in [1.82, 2.24) is 14.5 Å². The summed E-state index contributed by atoms with van der Waals surface area (Å²) in [6.07, 6.45) is 0. The molecule has 0 saturated heterocycles. The van der Waals surface area contributed by atoms with Gasteiger partial charge in [0.2, 0.25) is 0 Å². The summed E-state index contributed by atoms with van der Waals surface area (Å²) in [7, 11) is 1.76. The van der Waals surface area contributed by atoms with E-state index in [1.807, 2.05) is 19.2 Å². The van der Waals surface area contributed by atoms with Gasteiger partial charge >= 0.3 is 0 Å². The number of nitrogens with zero attached hydrogens (tertiary/aromatic N) is 3. The molecule has 0 atom stereocenters. The van der Waals surface area contributed by atoms with Crippen LogP contribution in [0.15, 0.2) is 39.6 Å². The molecule has 1 aromatic carbocycles. The Labute approximate surface area is 167 Å². The average Bonchev–Trinajstić information content (AvgIpc) is 3.23. The van der Waals surface area contributed by atoms with E-state index in [1.54, 1.807) is 35.1 Å². The van der Waals surface area contributed by atoms with Crippen LogP contribution in [0.2, 0.25) is 0 Å². The first-order valence-electron chi connectivity index (χ1n) is 8.24. The van der Waals surface area contributed by atoms with Crippen molar-refractivity contribution in [2.45, 2.75) is 24.8 Å². The lowest BCUT2D eigenvalue weighted by Crippen LogP contribution is -2.19. The number of thioether (sulfide) groups is 1. The first-order valence-corrected chi connectivity index (χ1v) is 10.9. The van der Waals surface area contributed by atoms with E-state index >= 15 is 0 Å². The number of rotatable bonds is 4. The quantitative estimate of drug-likeness (QED) is 0.340. The molecule has 0 aliphatic rings. The van der Waals surface area contributed by atoms with Crippen LogP contribution in [0.1, 0.15) is 16.1 Å². The zero-order valence-corrected chi connectivity index (χ0v) is 17.4. The van der Waals surface area contributed by atoms with Crippen LogP contribution in [-0.2, 0) is 12.8 Å². The summed E-state index contributed by atoms with van der Waals surface area (Å²) in [6.45, 7) is 3.98. The molecule has 0 bridgehead atoms. The molecule has 4 aromatic rings. The molecular weight excluding hydrogens is 401 g/mol. The number of aromatic nitrogens is 3. The van der Waals surface area contributed by atoms with Crippen molar-refractivity contribution in [1.29, 1.82) is 0 Å². The summed E-state index contributed by atoms with van der Waals surface area (Å²) in [6, 6.07) is 6.33. The summed E-state index contributed by atoms with van der Waals surface area (Å²) in [5.41, 5.74) is 2.82. The maximum absolute atomic E-state index is 13.1. The van der Waals surface area contributed by atoms with Gasteiger partial charge in [0.25, 0.3) is 5.56 Å². The van der Waals surface area contributed by atoms with E-state index in [4.69, 9.17) is 0 Å². The highest BCUT2D eigenvalue weighted by Crippen LogP contribution is 2.30. The van der Waals surface area contributed by atoms with E-state index in [9.17, 15) is 9.18 Å². The molecule has 0 saturated carbocycles. The summed E-state index contributed by atoms with van der Waals surface area (Å²) < 4.78 is 14.7. The molecule has 0 aliphatic heterocycles. The Morgan fingerprint density at radius 3 is 2.67 bits per heavy atom. The second kappa shape index (κ2) is 7.18. The molecule has 4 nitrogen and oxygen atoms in total. The molecule has 8 heteroatoms. The molecule has 0 aliphatic carbocycles. The minimum Gasteiger partial charge on any atom is -0.290 e. The Kier molecular flexibility index (Phi) is 4.88. The van der Waals surface area contributed by atoms with Crippen LogP contribution in [0.4, 0.5) is 4.39 Å². The second-order valence-electron chi connectivity index (χ2n) is 6.16. The molecule has 27 heavy (non-hydrogen) atoms. The van der Waals surface area contributed by atoms with Gasteiger partial charge in [-0.1, -0.05) is 11.8 Å². The van der Waals surface area contributed by atoms with Crippen molar-refractivity contribution in [3.05, 3.63) is 62.0 Å². The number of hydrogen-bond donors (Lipinski definition) is 0. The number of benzene rings is 1. The molecule has 3 aromatic heterocycles. The minimum absolute atomic E-state index is 0.00497. The van der Waals surface area contributed by atoms with Gasteiger partial charge in [-0.15, -0.1) is 22.7 Å². The fraction of sp³-hybridized carbons (Fsp3) is 0.211. The van der Waals surface area contributed by atoms with E-state index in [1.165, 1.54) is 35.2 Å². The third kappa shape index (κ3) is 3.44. The maximum Gasteiger partial charge on any atom is 0.262 e. The van der Waals surface area contributed by atoms with Gasteiger partial charge in [0.05, 0.1) is 11.1 Å². The van der Waals surface area contributed by atoms with Crippen LogP contribution in [0.3, 0.4) is 0 Å². The molecule has 0 amide bonds. The topological polar surface area (TPSA) is 47.8 Å². The van der Waals surface area contributed by atoms with Crippen LogP contribution >= 0.6 is 34.4 Å². The van der Waals surface area contributed by atoms with Gasteiger partial charge in [0.15, 0.2) is 5.16 Å². The standard InChI is InChI=1S/C19H16FN3OS3/c1-10-11(2)27-17-15(10)18(24)23(3)19(22-17)26-9-14-8-25-16(21-14)12-4-6-13(20)7-5-12/h4-8H,9H2,1-3H3. The van der Waals surface area contributed by atoms with Gasteiger partial charge in [-0.25, -0.2) is 14.4 Å². The van der Waals surface area contributed by atoms with Crippen molar-refractivity contribution in [3.8, 4) is 10.6 Å². The molecule has 0 radical (unpaired) electrons. The molecule has 0 N–H and O–H groups in total. The lowest BCUT2D eigenvalue weighted by Gasteiger charge is -2.06. The number of hydrogen-bond acceptors (Lipinski definition) is 6. The van der Waals surface area contributed by atoms with Crippen molar-refractivity contribution >= 4 is 44.7 Å². The number of halogens is 1. The van der Waals surface area contributed by atoms with E-state index in [-0.39, 0.29) is 11.4 Å². The van der Waals surface area contributed by atoms with Gasteiger partial charge < -0.3 is 0 Å². The zero-order chi connectivity index (χ0) is 19.1. The van der Waals surface area contributed by atoms with Crippen LogP contribution < -0.4 is 5.56 Å². The Balaban J connectivity index is 1.58. The molecule has 0 unspecified atom stereocenters. The second-order valence-corrected chi connectivity index (χ2v) is 9.17. The summed E-state index contributed by atoms with van der Waals surface area (Å²) in [5, 5.41) is 4.25. The smallest absolute Gasteiger partial charge is 0.262 e. The Morgan fingerprint density at radius 2 is 1.93 bits per heavy atom. The SMILES string of the molecule is Cc1sc2nc(SCc3csc(-c4ccc(F)cc4)n3)n(C)c(=O)c2c1C. The number of thiazole rings is 1. The first kappa shape index (κ1) is 18.3. The van der Waals surface area contributed by atoms with Crippen molar-refractivity contribution in [2.75, 3.05) is 0 Å². The Bertz CT molecular complexity index is 1190. The largest absolute Gasteiger partial charge is 0.290 e. The van der Waals surface area contributed by atoms with E-state index in [0.29, 0.717) is 10.9 Å². The van der Waals surface area contributed by atoms with E-state index < -0.39 is 0 Å². The van der Waals surface area contributed by atoms with Gasteiger partial charge in [-0.2, -0.15) is 0 Å². The van der Waals surface area contributed by atoms with Gasteiger partial charge in [-0.05, 0) is 43.7 Å². The molecule has 0 fully saturated rings. The molecule has 138 valence electrons. The zero-order valence-electron chi connectivity index (χ0n) is 14.9. The average molecular weight is 418 g/mol. The summed E-state index contributed by atoms with van der Waals surface area (Å²) in [5.74, 6) is 0.361. The predicted molar refractivity (Wildman–Crippen MR) is 111 cm³/mol. The van der Waals surface area contributed by atoms with Crippen LogP contribution in [0.5, 0.6) is 0 Å². The third-order valence-corrected chi connectivity index (χ3v) is 7.47. The van der Waals surface area contributed by atoms with Crippen LogP contribution in [0.25, 0.3) is 20.8 Å². The van der Waals surface area contributed by atoms with Gasteiger partial charge in [-0.3, -0.25) is 9.36 Å². The number of aryl methyl sites for hydroxylation is 2. The van der Waals surface area contributed by atoms with E-state index in [2.05, 4.69) is 9.97 Å². The molecule has 0 spiro atoms. The minimum atomic E-state index is -0.257. The lowest BCUT2D eigenvalue weighted by molar-refractivity contribution is 0.628. The van der Waals surface area contributed by atoms with Gasteiger partial charge in [0.1, 0.15) is 15.7 Å². The lowest BCUT2D eigenvalue weighted by atomic mass is 10.2. The van der Waals surface area contributed by atoms with Crippen LogP contribution in [-0.4, -0.2) is 14.5 Å². The fourth-order valence-corrected chi connectivity index (χ4v) is 5.59. The summed E-state index contributed by atoms with van der Waals surface area (Å²) in [4.78, 5) is 23.9. The molecule has 4 rings (SSSR count). The fourth-order valence-electron chi connectivity index (χ4n) is 2.72. The van der Waals surface area contributed by atoms with Crippen molar-refractivity contribution in [3.63, 3.8) is 0 Å². The molecular formula is C19H16FN3OS3. The summed E-state index contributed by atoms with van der Waals surface area (Å²) >= 11 is 4.58. The van der Waals surface area contributed by atoms with Crippen molar-refractivity contribution < 1.29 is 4.39 Å². The highest BCUT2D eigenvalue weighted by molar-refractivity contribution is 7.98. The van der Waals surface area contributed by atoms with Gasteiger partial charge in [0, 0.05) is 28.6 Å². The first-order chi connectivity index (χ1) is 12.9. The third-order valence-electron chi connectivity index (χ3n) is 4.36. The monoisotopic (exact) mass is 417 g/mol. The van der Waals surface area contributed by atoms with E-state index in [0.717, 1.165) is 36.9 Å². The Hall–Kier alpha value is -2.03. The maximum atomic E-state index is 13.1. The van der Waals surface area contributed by atoms with Crippen LogP contribution in [0, 0.1) is 19.7 Å². The molecule has 3 heterocycles. The number of fused-ring (bicyclic) bond motifs is 1. The highest BCUT2D eigenvalue weighted by atomic mass is 32.2. The normalized spacial score (nSPS) is 11.4. The van der Waals surface area contributed by atoms with Crippen molar-refractivity contribution in [2.24, 2.45) is 7.05 Å². The Morgan fingerprint density at radius 1 is 1.19 bits per heavy atom. The highest BCUT2D eigenvalue weighted by Gasteiger charge is 2.15.